The Labute approximate surface area is 179 Å². The number of para-hydroxylation sites is 2. The van der Waals surface area contributed by atoms with Gasteiger partial charge in [-0.05, 0) is 56.0 Å². The average molecular weight is 426 g/mol. The summed E-state index contributed by atoms with van der Waals surface area (Å²) < 4.78 is 19.1. The molecular formula is C23H23NO5S. The van der Waals surface area contributed by atoms with E-state index in [9.17, 15) is 9.59 Å². The molecule has 4 rings (SSSR count). The second-order valence-corrected chi connectivity index (χ2v) is 8.24. The van der Waals surface area contributed by atoms with Crippen molar-refractivity contribution < 1.29 is 23.8 Å². The summed E-state index contributed by atoms with van der Waals surface area (Å²) in [5, 5.41) is 1.83. The molecule has 0 radical (unpaired) electrons. The number of aromatic nitrogens is 1. The Morgan fingerprint density at radius 3 is 2.67 bits per heavy atom. The van der Waals surface area contributed by atoms with E-state index in [1.807, 2.05) is 67.1 Å². The highest BCUT2D eigenvalue weighted by Gasteiger charge is 2.24. The fourth-order valence-electron chi connectivity index (χ4n) is 3.58. The predicted molar refractivity (Wildman–Crippen MR) is 114 cm³/mol. The number of aryl methyl sites for hydroxylation is 2. The number of Topliss-reactive ketones (excluding diaryl/α,β-unsaturated/α-hetero) is 1. The fourth-order valence-corrected chi connectivity index (χ4v) is 4.39. The Bertz CT molecular complexity index is 1100. The van der Waals surface area contributed by atoms with E-state index in [0.29, 0.717) is 23.6 Å². The minimum absolute atomic E-state index is 0.160. The number of benzene rings is 1. The van der Waals surface area contributed by atoms with Crippen molar-refractivity contribution in [3.8, 4) is 11.5 Å². The second-order valence-electron chi connectivity index (χ2n) is 7.33. The van der Waals surface area contributed by atoms with Gasteiger partial charge in [-0.2, -0.15) is 0 Å². The summed E-state index contributed by atoms with van der Waals surface area (Å²) in [6.07, 6.45) is -0.160. The molecule has 1 aliphatic rings. The highest BCUT2D eigenvalue weighted by Crippen LogP contribution is 2.31. The van der Waals surface area contributed by atoms with Gasteiger partial charge in [-0.15, -0.1) is 11.3 Å². The van der Waals surface area contributed by atoms with Crippen LogP contribution in [0.4, 0.5) is 0 Å². The molecule has 1 aliphatic heterocycles. The van der Waals surface area contributed by atoms with Crippen LogP contribution in [-0.4, -0.2) is 35.6 Å². The first-order chi connectivity index (χ1) is 14.4. The number of carbonyl (C=O) groups excluding carboxylic acids is 2. The zero-order chi connectivity index (χ0) is 21.3. The van der Waals surface area contributed by atoms with Crippen LogP contribution >= 0.6 is 11.3 Å². The van der Waals surface area contributed by atoms with E-state index in [1.54, 1.807) is 0 Å². The first-order valence-corrected chi connectivity index (χ1v) is 10.6. The van der Waals surface area contributed by atoms with Crippen molar-refractivity contribution in [1.82, 2.24) is 4.57 Å². The van der Waals surface area contributed by atoms with E-state index in [0.717, 1.165) is 28.5 Å². The maximum absolute atomic E-state index is 12.7. The molecule has 0 aliphatic carbocycles. The standard InChI is InChI=1S/C23H23NO5S/c1-14-8-9-30-22(14)23(26)28-13-19(25)18-10-15(2)24(16(18)3)11-17-12-27-20-6-4-5-7-21(20)29-17/h4-10,17H,11-13H2,1-3H3. The Morgan fingerprint density at radius 1 is 1.17 bits per heavy atom. The third-order valence-corrected chi connectivity index (χ3v) is 6.21. The summed E-state index contributed by atoms with van der Waals surface area (Å²) in [5.41, 5.74) is 3.18. The number of carbonyl (C=O) groups is 2. The fraction of sp³-hybridized carbons (Fsp3) is 0.304. The molecule has 7 heteroatoms. The van der Waals surface area contributed by atoms with E-state index in [-0.39, 0.29) is 18.5 Å². The number of nitrogens with zero attached hydrogens (tertiary/aromatic N) is 1. The molecule has 1 unspecified atom stereocenters. The lowest BCUT2D eigenvalue weighted by atomic mass is 10.1. The molecule has 0 saturated heterocycles. The van der Waals surface area contributed by atoms with Gasteiger partial charge in [0.25, 0.3) is 0 Å². The summed E-state index contributed by atoms with van der Waals surface area (Å²) >= 11 is 1.31. The molecule has 3 heterocycles. The zero-order valence-corrected chi connectivity index (χ0v) is 18.0. The molecule has 30 heavy (non-hydrogen) atoms. The van der Waals surface area contributed by atoms with Crippen LogP contribution in [0.1, 0.15) is 37.0 Å². The molecule has 0 spiro atoms. The van der Waals surface area contributed by atoms with Crippen molar-refractivity contribution in [2.75, 3.05) is 13.2 Å². The SMILES string of the molecule is Cc1ccsc1C(=O)OCC(=O)c1cc(C)n(CC2COc3ccccc3O2)c1C. The molecule has 0 bridgehead atoms. The van der Waals surface area contributed by atoms with Gasteiger partial charge in [0.2, 0.25) is 5.78 Å². The van der Waals surface area contributed by atoms with Gasteiger partial charge in [0.15, 0.2) is 24.2 Å². The van der Waals surface area contributed by atoms with Crippen LogP contribution in [0.3, 0.4) is 0 Å². The first kappa shape index (κ1) is 20.2. The second kappa shape index (κ2) is 8.36. The quantitative estimate of drug-likeness (QED) is 0.434. The van der Waals surface area contributed by atoms with Crippen molar-refractivity contribution in [1.29, 1.82) is 0 Å². The van der Waals surface area contributed by atoms with Crippen LogP contribution < -0.4 is 9.47 Å². The van der Waals surface area contributed by atoms with E-state index >= 15 is 0 Å². The van der Waals surface area contributed by atoms with Crippen molar-refractivity contribution in [3.05, 3.63) is 69.2 Å². The lowest BCUT2D eigenvalue weighted by Crippen LogP contribution is -2.33. The number of ether oxygens (including phenoxy) is 3. The highest BCUT2D eigenvalue weighted by atomic mass is 32.1. The number of fused-ring (bicyclic) bond motifs is 1. The van der Waals surface area contributed by atoms with Crippen LogP contribution in [0.2, 0.25) is 0 Å². The van der Waals surface area contributed by atoms with E-state index in [4.69, 9.17) is 14.2 Å². The van der Waals surface area contributed by atoms with Crippen molar-refractivity contribution in [2.45, 2.75) is 33.4 Å². The third kappa shape index (κ3) is 3.98. The van der Waals surface area contributed by atoms with Crippen LogP contribution in [0.15, 0.2) is 41.8 Å². The van der Waals surface area contributed by atoms with Crippen LogP contribution in [0, 0.1) is 20.8 Å². The molecule has 0 N–H and O–H groups in total. The Kier molecular flexibility index (Phi) is 5.63. The van der Waals surface area contributed by atoms with Gasteiger partial charge in [0.05, 0.1) is 6.54 Å². The molecule has 0 amide bonds. The van der Waals surface area contributed by atoms with Gasteiger partial charge in [-0.25, -0.2) is 4.79 Å². The molecule has 1 atom stereocenters. The predicted octanol–water partition coefficient (Wildman–Crippen LogP) is 4.35. The lowest BCUT2D eigenvalue weighted by Gasteiger charge is -2.27. The molecule has 1 aromatic carbocycles. The molecule has 3 aromatic rings. The maximum Gasteiger partial charge on any atom is 0.349 e. The van der Waals surface area contributed by atoms with Crippen molar-refractivity contribution >= 4 is 23.1 Å². The number of rotatable bonds is 6. The topological polar surface area (TPSA) is 66.8 Å². The van der Waals surface area contributed by atoms with Gasteiger partial charge in [0, 0.05) is 17.0 Å². The first-order valence-electron chi connectivity index (χ1n) is 9.73. The number of thiophene rings is 1. The number of hydrogen-bond donors (Lipinski definition) is 0. The average Bonchev–Trinajstić information content (AvgIpc) is 3.30. The van der Waals surface area contributed by atoms with Gasteiger partial charge >= 0.3 is 5.97 Å². The smallest absolute Gasteiger partial charge is 0.349 e. The van der Waals surface area contributed by atoms with E-state index < -0.39 is 5.97 Å². The Hall–Kier alpha value is -3.06. The Morgan fingerprint density at radius 2 is 1.93 bits per heavy atom. The maximum atomic E-state index is 12.7. The molecule has 2 aromatic heterocycles. The van der Waals surface area contributed by atoms with Crippen LogP contribution in [0.25, 0.3) is 0 Å². The van der Waals surface area contributed by atoms with Gasteiger partial charge in [0.1, 0.15) is 11.5 Å². The van der Waals surface area contributed by atoms with Gasteiger partial charge in [-0.3, -0.25) is 4.79 Å². The molecule has 6 nitrogen and oxygen atoms in total. The summed E-state index contributed by atoms with van der Waals surface area (Å²) in [4.78, 5) is 25.4. The van der Waals surface area contributed by atoms with Gasteiger partial charge < -0.3 is 18.8 Å². The van der Waals surface area contributed by atoms with Crippen LogP contribution in [0.5, 0.6) is 11.5 Å². The van der Waals surface area contributed by atoms with E-state index in [1.165, 1.54) is 11.3 Å². The normalized spacial score (nSPS) is 15.1. The van der Waals surface area contributed by atoms with Crippen molar-refractivity contribution in [2.24, 2.45) is 0 Å². The Balaban J connectivity index is 1.42. The number of esters is 1. The lowest BCUT2D eigenvalue weighted by molar-refractivity contribution is 0.0478. The van der Waals surface area contributed by atoms with Gasteiger partial charge in [-0.1, -0.05) is 12.1 Å². The summed E-state index contributed by atoms with van der Waals surface area (Å²) in [6.45, 7) is 6.41. The number of hydrogen-bond acceptors (Lipinski definition) is 6. The monoisotopic (exact) mass is 425 g/mol. The zero-order valence-electron chi connectivity index (χ0n) is 17.1. The molecule has 0 fully saturated rings. The molecule has 156 valence electrons. The molecule has 0 saturated carbocycles. The molecular weight excluding hydrogens is 402 g/mol. The van der Waals surface area contributed by atoms with E-state index in [2.05, 4.69) is 0 Å². The number of ketones is 1. The summed E-state index contributed by atoms with van der Waals surface area (Å²) in [7, 11) is 0. The summed E-state index contributed by atoms with van der Waals surface area (Å²) in [6, 6.07) is 11.3. The minimum atomic E-state index is -0.462. The van der Waals surface area contributed by atoms with Crippen molar-refractivity contribution in [3.63, 3.8) is 0 Å². The summed E-state index contributed by atoms with van der Waals surface area (Å²) in [5.74, 6) is 0.788. The highest BCUT2D eigenvalue weighted by molar-refractivity contribution is 7.12. The largest absolute Gasteiger partial charge is 0.486 e. The van der Waals surface area contributed by atoms with Crippen LogP contribution in [-0.2, 0) is 11.3 Å². The third-order valence-electron chi connectivity index (χ3n) is 5.21. The minimum Gasteiger partial charge on any atom is -0.486 e.